The maximum absolute atomic E-state index is 11.7. The highest BCUT2D eigenvalue weighted by atomic mass is 16.5. The molecule has 0 aliphatic rings. The summed E-state index contributed by atoms with van der Waals surface area (Å²) < 4.78 is 5.21. The molecule has 1 rings (SSSR count). The summed E-state index contributed by atoms with van der Waals surface area (Å²) in [6.07, 6.45) is 0. The topological polar surface area (TPSA) is 64.3 Å². The number of hydrogen-bond acceptors (Lipinski definition) is 3. The Bertz CT molecular complexity index is 408. The maximum Gasteiger partial charge on any atom is 0.225 e. The van der Waals surface area contributed by atoms with Crippen LogP contribution in [-0.2, 0) is 11.3 Å². The SMILES string of the molecule is COc1ccc(N)cc1CNC(=O)C(C)(C)C. The molecule has 0 spiro atoms. The molecular weight excluding hydrogens is 216 g/mol. The molecule has 94 valence electrons. The van der Waals surface area contributed by atoms with Crippen LogP contribution in [0.1, 0.15) is 26.3 Å². The zero-order valence-corrected chi connectivity index (χ0v) is 10.8. The van der Waals surface area contributed by atoms with Gasteiger partial charge in [-0.25, -0.2) is 0 Å². The summed E-state index contributed by atoms with van der Waals surface area (Å²) >= 11 is 0. The number of amides is 1. The van der Waals surface area contributed by atoms with Gasteiger partial charge in [0.1, 0.15) is 5.75 Å². The minimum atomic E-state index is -0.395. The van der Waals surface area contributed by atoms with E-state index in [1.54, 1.807) is 19.2 Å². The molecular formula is C13H20N2O2. The van der Waals surface area contributed by atoms with Gasteiger partial charge < -0.3 is 15.8 Å². The Balaban J connectivity index is 2.75. The number of benzene rings is 1. The van der Waals surface area contributed by atoms with Gasteiger partial charge in [0.2, 0.25) is 5.91 Å². The van der Waals surface area contributed by atoms with Crippen LogP contribution in [0.4, 0.5) is 5.69 Å². The molecule has 0 aliphatic carbocycles. The molecule has 0 radical (unpaired) electrons. The smallest absolute Gasteiger partial charge is 0.225 e. The number of nitrogens with one attached hydrogen (secondary N) is 1. The first-order chi connectivity index (χ1) is 7.84. The van der Waals surface area contributed by atoms with Crippen molar-refractivity contribution >= 4 is 11.6 Å². The van der Waals surface area contributed by atoms with Crippen LogP contribution in [0.3, 0.4) is 0 Å². The molecule has 0 unspecified atom stereocenters. The average Bonchev–Trinajstić information content (AvgIpc) is 2.24. The minimum Gasteiger partial charge on any atom is -0.496 e. The highest BCUT2D eigenvalue weighted by Crippen LogP contribution is 2.21. The number of hydrogen-bond donors (Lipinski definition) is 2. The minimum absolute atomic E-state index is 0.00183. The van der Waals surface area contributed by atoms with E-state index in [1.165, 1.54) is 0 Å². The molecule has 0 bridgehead atoms. The van der Waals surface area contributed by atoms with Gasteiger partial charge in [-0.15, -0.1) is 0 Å². The molecule has 4 heteroatoms. The van der Waals surface area contributed by atoms with Gasteiger partial charge >= 0.3 is 0 Å². The Hall–Kier alpha value is -1.71. The molecule has 0 atom stereocenters. The zero-order chi connectivity index (χ0) is 13.1. The lowest BCUT2D eigenvalue weighted by atomic mass is 9.95. The van der Waals surface area contributed by atoms with Gasteiger partial charge in [-0.2, -0.15) is 0 Å². The Labute approximate surface area is 102 Å². The van der Waals surface area contributed by atoms with E-state index in [0.29, 0.717) is 12.2 Å². The zero-order valence-electron chi connectivity index (χ0n) is 10.8. The molecule has 1 amide bonds. The van der Waals surface area contributed by atoms with E-state index in [0.717, 1.165) is 11.3 Å². The molecule has 1 aromatic carbocycles. The lowest BCUT2D eigenvalue weighted by molar-refractivity contribution is -0.128. The third-order valence-electron chi connectivity index (χ3n) is 2.43. The Kier molecular flexibility index (Phi) is 3.99. The van der Waals surface area contributed by atoms with E-state index in [9.17, 15) is 4.79 Å². The standard InChI is InChI=1S/C13H20N2O2/c1-13(2,3)12(16)15-8-9-7-10(14)5-6-11(9)17-4/h5-7H,8,14H2,1-4H3,(H,15,16). The van der Waals surface area contributed by atoms with E-state index in [2.05, 4.69) is 5.32 Å². The highest BCUT2D eigenvalue weighted by Gasteiger charge is 2.20. The molecule has 17 heavy (non-hydrogen) atoms. The second-order valence-corrected chi connectivity index (χ2v) is 5.00. The molecule has 0 heterocycles. The summed E-state index contributed by atoms with van der Waals surface area (Å²) in [6.45, 7) is 6.04. The number of methoxy groups -OCH3 is 1. The molecule has 1 aromatic rings. The molecule has 3 N–H and O–H groups in total. The van der Waals surface area contributed by atoms with Gasteiger partial charge in [0, 0.05) is 23.2 Å². The third-order valence-corrected chi connectivity index (χ3v) is 2.43. The van der Waals surface area contributed by atoms with Crippen LogP contribution in [0.15, 0.2) is 18.2 Å². The largest absolute Gasteiger partial charge is 0.496 e. The molecule has 0 aromatic heterocycles. The van der Waals surface area contributed by atoms with Crippen molar-refractivity contribution in [3.63, 3.8) is 0 Å². The molecule has 0 saturated carbocycles. The quantitative estimate of drug-likeness (QED) is 0.788. The van der Waals surface area contributed by atoms with E-state index in [4.69, 9.17) is 10.5 Å². The number of carbonyl (C=O) groups is 1. The van der Waals surface area contributed by atoms with Crippen molar-refractivity contribution < 1.29 is 9.53 Å². The van der Waals surface area contributed by atoms with E-state index in [1.807, 2.05) is 26.8 Å². The van der Waals surface area contributed by atoms with E-state index >= 15 is 0 Å². The first-order valence-corrected chi connectivity index (χ1v) is 5.55. The lowest BCUT2D eigenvalue weighted by Gasteiger charge is -2.18. The third kappa shape index (κ3) is 3.66. The number of rotatable bonds is 3. The molecule has 0 saturated heterocycles. The fourth-order valence-electron chi connectivity index (χ4n) is 1.38. The lowest BCUT2D eigenvalue weighted by Crippen LogP contribution is -2.34. The van der Waals surface area contributed by atoms with Gasteiger partial charge in [0.05, 0.1) is 7.11 Å². The van der Waals surface area contributed by atoms with Crippen LogP contribution in [0, 0.1) is 5.41 Å². The van der Waals surface area contributed by atoms with Crippen LogP contribution >= 0.6 is 0 Å². The van der Waals surface area contributed by atoms with Crippen molar-refractivity contribution in [1.29, 1.82) is 0 Å². The van der Waals surface area contributed by atoms with Crippen LogP contribution < -0.4 is 15.8 Å². The summed E-state index contributed by atoms with van der Waals surface area (Å²) in [4.78, 5) is 11.7. The first kappa shape index (κ1) is 13.4. The Morgan fingerprint density at radius 2 is 2.06 bits per heavy atom. The maximum atomic E-state index is 11.7. The highest BCUT2D eigenvalue weighted by molar-refractivity contribution is 5.81. The van der Waals surface area contributed by atoms with Crippen LogP contribution in [0.2, 0.25) is 0 Å². The summed E-state index contributed by atoms with van der Waals surface area (Å²) in [7, 11) is 1.60. The van der Waals surface area contributed by atoms with E-state index < -0.39 is 5.41 Å². The number of carbonyl (C=O) groups excluding carboxylic acids is 1. The van der Waals surface area contributed by atoms with Crippen LogP contribution in [0.5, 0.6) is 5.75 Å². The van der Waals surface area contributed by atoms with Crippen molar-refractivity contribution in [1.82, 2.24) is 5.32 Å². The summed E-state index contributed by atoms with van der Waals surface area (Å²) in [5.41, 5.74) is 6.85. The first-order valence-electron chi connectivity index (χ1n) is 5.55. The fourth-order valence-corrected chi connectivity index (χ4v) is 1.38. The monoisotopic (exact) mass is 236 g/mol. The van der Waals surface area contributed by atoms with Crippen LogP contribution in [-0.4, -0.2) is 13.0 Å². The predicted octanol–water partition coefficient (Wildman–Crippen LogP) is 1.94. The van der Waals surface area contributed by atoms with Crippen molar-refractivity contribution in [3.8, 4) is 5.75 Å². The fraction of sp³-hybridized carbons (Fsp3) is 0.462. The average molecular weight is 236 g/mol. The second kappa shape index (κ2) is 5.08. The number of nitrogens with two attached hydrogens (primary N) is 1. The van der Waals surface area contributed by atoms with Gasteiger partial charge in [0.25, 0.3) is 0 Å². The van der Waals surface area contributed by atoms with E-state index in [-0.39, 0.29) is 5.91 Å². The Morgan fingerprint density at radius 3 is 2.59 bits per heavy atom. The summed E-state index contributed by atoms with van der Waals surface area (Å²) in [5.74, 6) is 0.732. The normalized spacial score (nSPS) is 11.1. The molecule has 4 nitrogen and oxygen atoms in total. The van der Waals surface area contributed by atoms with Gasteiger partial charge in [0.15, 0.2) is 0 Å². The van der Waals surface area contributed by atoms with Crippen molar-refractivity contribution in [2.24, 2.45) is 5.41 Å². The summed E-state index contributed by atoms with van der Waals surface area (Å²) in [5, 5.41) is 2.87. The molecule has 0 aliphatic heterocycles. The van der Waals surface area contributed by atoms with Gasteiger partial charge in [-0.3, -0.25) is 4.79 Å². The number of ether oxygens (including phenoxy) is 1. The number of nitrogen functional groups attached to an aromatic ring is 1. The molecule has 0 fully saturated rings. The van der Waals surface area contributed by atoms with Crippen molar-refractivity contribution in [2.45, 2.75) is 27.3 Å². The number of anilines is 1. The van der Waals surface area contributed by atoms with Crippen molar-refractivity contribution in [2.75, 3.05) is 12.8 Å². The predicted molar refractivity (Wildman–Crippen MR) is 68.7 cm³/mol. The second-order valence-electron chi connectivity index (χ2n) is 5.00. The van der Waals surface area contributed by atoms with Gasteiger partial charge in [-0.05, 0) is 18.2 Å². The van der Waals surface area contributed by atoms with Crippen molar-refractivity contribution in [3.05, 3.63) is 23.8 Å². The van der Waals surface area contributed by atoms with Crippen LogP contribution in [0.25, 0.3) is 0 Å². The summed E-state index contributed by atoms with van der Waals surface area (Å²) in [6, 6.07) is 5.38. The van der Waals surface area contributed by atoms with Gasteiger partial charge in [-0.1, -0.05) is 20.8 Å². The Morgan fingerprint density at radius 1 is 1.41 bits per heavy atom.